The highest BCUT2D eigenvalue weighted by Gasteiger charge is 2.32. The summed E-state index contributed by atoms with van der Waals surface area (Å²) < 4.78 is 5.63. The maximum atomic E-state index is 12.3. The molecule has 1 aromatic heterocycles. The number of carbonyl (C=O) groups is 1. The zero-order valence-electron chi connectivity index (χ0n) is 10.4. The molecule has 1 aliphatic heterocycles. The SMILES string of the molecule is CC1(C)COc2ccc(C(=O)c3cccs3)cc21. The maximum absolute atomic E-state index is 12.3. The van der Waals surface area contributed by atoms with Crippen LogP contribution in [-0.2, 0) is 5.41 Å². The summed E-state index contributed by atoms with van der Waals surface area (Å²) in [4.78, 5) is 13.1. The number of ketones is 1. The summed E-state index contributed by atoms with van der Waals surface area (Å²) in [5, 5.41) is 1.92. The van der Waals surface area contributed by atoms with Crippen LogP contribution in [0.5, 0.6) is 5.75 Å². The molecule has 0 N–H and O–H groups in total. The molecule has 0 saturated heterocycles. The van der Waals surface area contributed by atoms with Crippen molar-refractivity contribution in [1.82, 2.24) is 0 Å². The summed E-state index contributed by atoms with van der Waals surface area (Å²) in [6.07, 6.45) is 0. The van der Waals surface area contributed by atoms with E-state index < -0.39 is 0 Å². The summed E-state index contributed by atoms with van der Waals surface area (Å²) in [6, 6.07) is 9.50. The molecule has 0 saturated carbocycles. The molecule has 2 heterocycles. The molecule has 0 unspecified atom stereocenters. The van der Waals surface area contributed by atoms with Crippen molar-refractivity contribution >= 4 is 17.1 Å². The molecule has 0 spiro atoms. The Morgan fingerprint density at radius 3 is 2.89 bits per heavy atom. The van der Waals surface area contributed by atoms with Crippen LogP contribution < -0.4 is 4.74 Å². The van der Waals surface area contributed by atoms with E-state index in [0.717, 1.165) is 21.8 Å². The van der Waals surface area contributed by atoms with Crippen LogP contribution in [0.3, 0.4) is 0 Å². The predicted octanol–water partition coefficient (Wildman–Crippen LogP) is 3.65. The summed E-state index contributed by atoms with van der Waals surface area (Å²) in [5.74, 6) is 0.998. The molecule has 2 aromatic rings. The van der Waals surface area contributed by atoms with Gasteiger partial charge in [-0.25, -0.2) is 0 Å². The number of benzene rings is 1. The van der Waals surface area contributed by atoms with Crippen LogP contribution >= 0.6 is 11.3 Å². The van der Waals surface area contributed by atoms with Crippen LogP contribution in [0.15, 0.2) is 35.7 Å². The molecule has 92 valence electrons. The maximum Gasteiger partial charge on any atom is 0.202 e. The van der Waals surface area contributed by atoms with Gasteiger partial charge >= 0.3 is 0 Å². The van der Waals surface area contributed by atoms with E-state index in [2.05, 4.69) is 13.8 Å². The first-order chi connectivity index (χ1) is 8.58. The van der Waals surface area contributed by atoms with Gasteiger partial charge in [0.1, 0.15) is 5.75 Å². The third-order valence-electron chi connectivity index (χ3n) is 3.30. The molecule has 1 aliphatic rings. The second kappa shape index (κ2) is 3.95. The molecular formula is C15H14O2S. The summed E-state index contributed by atoms with van der Waals surface area (Å²) in [6.45, 7) is 4.95. The fourth-order valence-corrected chi connectivity index (χ4v) is 2.90. The molecule has 1 aromatic carbocycles. The van der Waals surface area contributed by atoms with Crippen molar-refractivity contribution in [3.8, 4) is 5.75 Å². The Morgan fingerprint density at radius 1 is 1.33 bits per heavy atom. The van der Waals surface area contributed by atoms with Crippen LogP contribution in [0.1, 0.15) is 34.6 Å². The van der Waals surface area contributed by atoms with Gasteiger partial charge in [0.15, 0.2) is 0 Å². The van der Waals surface area contributed by atoms with Gasteiger partial charge in [0.05, 0.1) is 11.5 Å². The van der Waals surface area contributed by atoms with Gasteiger partial charge in [0, 0.05) is 16.5 Å². The minimum absolute atomic E-state index is 0.0128. The lowest BCUT2D eigenvalue weighted by Crippen LogP contribution is -2.18. The topological polar surface area (TPSA) is 26.3 Å². The van der Waals surface area contributed by atoms with Crippen LogP contribution in [-0.4, -0.2) is 12.4 Å². The van der Waals surface area contributed by atoms with E-state index in [1.165, 1.54) is 11.3 Å². The Balaban J connectivity index is 2.03. The van der Waals surface area contributed by atoms with E-state index in [4.69, 9.17) is 4.74 Å². The molecule has 2 nitrogen and oxygen atoms in total. The van der Waals surface area contributed by atoms with Crippen molar-refractivity contribution in [2.24, 2.45) is 0 Å². The zero-order chi connectivity index (χ0) is 12.8. The van der Waals surface area contributed by atoms with Gasteiger partial charge in [-0.2, -0.15) is 0 Å². The number of rotatable bonds is 2. The van der Waals surface area contributed by atoms with Crippen LogP contribution in [0.2, 0.25) is 0 Å². The van der Waals surface area contributed by atoms with E-state index in [1.807, 2.05) is 35.7 Å². The Hall–Kier alpha value is -1.61. The van der Waals surface area contributed by atoms with E-state index in [1.54, 1.807) is 0 Å². The first-order valence-electron chi connectivity index (χ1n) is 5.93. The third-order valence-corrected chi connectivity index (χ3v) is 4.17. The molecule has 18 heavy (non-hydrogen) atoms. The van der Waals surface area contributed by atoms with Gasteiger partial charge in [0.25, 0.3) is 0 Å². The van der Waals surface area contributed by atoms with Gasteiger partial charge in [-0.05, 0) is 29.6 Å². The minimum Gasteiger partial charge on any atom is -0.492 e. The summed E-state index contributed by atoms with van der Waals surface area (Å²) in [5.41, 5.74) is 1.86. The van der Waals surface area contributed by atoms with Crippen molar-refractivity contribution in [2.75, 3.05) is 6.61 Å². The van der Waals surface area contributed by atoms with E-state index >= 15 is 0 Å². The lowest BCUT2D eigenvalue weighted by Gasteiger charge is -2.15. The molecule has 0 amide bonds. The molecule has 3 rings (SSSR count). The number of ether oxygens (including phenoxy) is 1. The van der Waals surface area contributed by atoms with Crippen LogP contribution in [0.4, 0.5) is 0 Å². The van der Waals surface area contributed by atoms with E-state index in [9.17, 15) is 4.79 Å². The molecule has 0 bridgehead atoms. The second-order valence-electron chi connectivity index (χ2n) is 5.19. The zero-order valence-corrected chi connectivity index (χ0v) is 11.2. The van der Waals surface area contributed by atoms with Crippen molar-refractivity contribution in [1.29, 1.82) is 0 Å². The van der Waals surface area contributed by atoms with Gasteiger partial charge in [-0.3, -0.25) is 4.79 Å². The molecule has 3 heteroatoms. The van der Waals surface area contributed by atoms with Gasteiger partial charge in [-0.15, -0.1) is 11.3 Å². The van der Waals surface area contributed by atoms with Gasteiger partial charge < -0.3 is 4.74 Å². The lowest BCUT2D eigenvalue weighted by atomic mass is 9.86. The fraction of sp³-hybridized carbons (Fsp3) is 0.267. The van der Waals surface area contributed by atoms with Gasteiger partial charge in [-0.1, -0.05) is 19.9 Å². The largest absolute Gasteiger partial charge is 0.492 e. The van der Waals surface area contributed by atoms with Crippen molar-refractivity contribution in [3.05, 3.63) is 51.7 Å². The third kappa shape index (κ3) is 1.75. The van der Waals surface area contributed by atoms with Gasteiger partial charge in [0.2, 0.25) is 5.78 Å². The number of hydrogen-bond donors (Lipinski definition) is 0. The second-order valence-corrected chi connectivity index (χ2v) is 6.14. The molecule has 0 aliphatic carbocycles. The highest BCUT2D eigenvalue weighted by molar-refractivity contribution is 7.12. The lowest BCUT2D eigenvalue weighted by molar-refractivity contribution is 0.104. The molecule has 0 fully saturated rings. The average Bonchev–Trinajstić information content (AvgIpc) is 2.97. The van der Waals surface area contributed by atoms with Crippen molar-refractivity contribution in [2.45, 2.75) is 19.3 Å². The normalized spacial score (nSPS) is 16.1. The quantitative estimate of drug-likeness (QED) is 0.769. The standard InChI is InChI=1S/C15H14O2S/c1-15(2)9-17-12-6-5-10(8-11(12)15)14(16)13-4-3-7-18-13/h3-8H,9H2,1-2H3. The average molecular weight is 258 g/mol. The molecule has 0 radical (unpaired) electrons. The fourth-order valence-electron chi connectivity index (χ4n) is 2.21. The van der Waals surface area contributed by atoms with Crippen LogP contribution in [0.25, 0.3) is 0 Å². The highest BCUT2D eigenvalue weighted by atomic mass is 32.1. The van der Waals surface area contributed by atoms with E-state index in [0.29, 0.717) is 6.61 Å². The predicted molar refractivity (Wildman–Crippen MR) is 72.7 cm³/mol. The minimum atomic E-state index is -0.0128. The Morgan fingerprint density at radius 2 is 2.17 bits per heavy atom. The Bertz CT molecular complexity index is 597. The number of thiophene rings is 1. The number of fused-ring (bicyclic) bond motifs is 1. The molecular weight excluding hydrogens is 244 g/mol. The number of hydrogen-bond acceptors (Lipinski definition) is 3. The smallest absolute Gasteiger partial charge is 0.202 e. The van der Waals surface area contributed by atoms with Crippen molar-refractivity contribution < 1.29 is 9.53 Å². The molecule has 0 atom stereocenters. The Labute approximate surface area is 110 Å². The Kier molecular flexibility index (Phi) is 2.52. The van der Waals surface area contributed by atoms with E-state index in [-0.39, 0.29) is 11.2 Å². The first-order valence-corrected chi connectivity index (χ1v) is 6.81. The first kappa shape index (κ1) is 11.5. The monoisotopic (exact) mass is 258 g/mol. The number of carbonyl (C=O) groups excluding carboxylic acids is 1. The van der Waals surface area contributed by atoms with Crippen molar-refractivity contribution in [3.63, 3.8) is 0 Å². The highest BCUT2D eigenvalue weighted by Crippen LogP contribution is 2.39. The summed E-state index contributed by atoms with van der Waals surface area (Å²) in [7, 11) is 0. The summed E-state index contributed by atoms with van der Waals surface area (Å²) >= 11 is 1.48. The van der Waals surface area contributed by atoms with Crippen LogP contribution in [0, 0.1) is 0 Å².